The summed E-state index contributed by atoms with van der Waals surface area (Å²) in [6.45, 7) is 5.24. The Morgan fingerprint density at radius 2 is 2.00 bits per heavy atom. The molecule has 126 valence electrons. The first-order chi connectivity index (χ1) is 11.7. The summed E-state index contributed by atoms with van der Waals surface area (Å²) in [5.74, 6) is 1.13. The van der Waals surface area contributed by atoms with Crippen molar-refractivity contribution in [1.82, 2.24) is 9.47 Å². The third kappa shape index (κ3) is 2.26. The lowest BCUT2D eigenvalue weighted by atomic mass is 10.2. The summed E-state index contributed by atoms with van der Waals surface area (Å²) in [7, 11) is 1.66. The minimum absolute atomic E-state index is 0.0705. The van der Waals surface area contributed by atoms with Gasteiger partial charge < -0.3 is 23.4 Å². The Bertz CT molecular complexity index is 903. The van der Waals surface area contributed by atoms with Gasteiger partial charge in [0.1, 0.15) is 5.75 Å². The molecule has 0 unspecified atom stereocenters. The van der Waals surface area contributed by atoms with Crippen molar-refractivity contribution in [1.29, 1.82) is 0 Å². The Hall–Kier alpha value is -2.47. The molecule has 1 amide bonds. The lowest BCUT2D eigenvalue weighted by Gasteiger charge is -2.25. The van der Waals surface area contributed by atoms with Crippen molar-refractivity contribution in [3.8, 4) is 5.75 Å². The Morgan fingerprint density at radius 1 is 1.21 bits per heavy atom. The van der Waals surface area contributed by atoms with Crippen molar-refractivity contribution in [2.45, 2.75) is 13.5 Å². The summed E-state index contributed by atoms with van der Waals surface area (Å²) in [4.78, 5) is 14.4. The molecule has 0 bridgehead atoms. The maximum absolute atomic E-state index is 12.7. The van der Waals surface area contributed by atoms with Crippen LogP contribution in [0.3, 0.4) is 0 Å². The van der Waals surface area contributed by atoms with Gasteiger partial charge >= 0.3 is 0 Å². The molecule has 1 aromatic carbocycles. The van der Waals surface area contributed by atoms with E-state index in [4.69, 9.17) is 13.9 Å². The number of carbonyl (C=O) groups excluding carboxylic acids is 1. The zero-order chi connectivity index (χ0) is 16.7. The molecule has 0 spiro atoms. The van der Waals surface area contributed by atoms with Crippen LogP contribution >= 0.6 is 0 Å². The lowest BCUT2D eigenvalue weighted by Crippen LogP contribution is -2.40. The minimum Gasteiger partial charge on any atom is -0.497 e. The van der Waals surface area contributed by atoms with Crippen LogP contribution in [0.5, 0.6) is 5.75 Å². The molecule has 3 aromatic rings. The van der Waals surface area contributed by atoms with Gasteiger partial charge in [0, 0.05) is 37.2 Å². The first kappa shape index (κ1) is 15.1. The van der Waals surface area contributed by atoms with Crippen molar-refractivity contribution in [2.75, 3.05) is 33.4 Å². The summed E-state index contributed by atoms with van der Waals surface area (Å²) in [5, 5.41) is 0.994. The molecule has 1 aliphatic rings. The van der Waals surface area contributed by atoms with Crippen molar-refractivity contribution in [3.63, 3.8) is 0 Å². The summed E-state index contributed by atoms with van der Waals surface area (Å²) in [6, 6.07) is 7.74. The summed E-state index contributed by atoms with van der Waals surface area (Å²) >= 11 is 0. The van der Waals surface area contributed by atoms with Crippen molar-refractivity contribution >= 4 is 27.9 Å². The number of methoxy groups -OCH3 is 1. The van der Waals surface area contributed by atoms with Crippen LogP contribution in [0.4, 0.5) is 0 Å². The van der Waals surface area contributed by atoms with Crippen LogP contribution in [0.2, 0.25) is 0 Å². The highest BCUT2D eigenvalue weighted by atomic mass is 16.5. The average molecular weight is 328 g/mol. The Labute approximate surface area is 139 Å². The van der Waals surface area contributed by atoms with E-state index >= 15 is 0 Å². The minimum atomic E-state index is -0.0705. The predicted molar refractivity (Wildman–Crippen MR) is 90.7 cm³/mol. The fourth-order valence-corrected chi connectivity index (χ4v) is 3.33. The van der Waals surface area contributed by atoms with Crippen molar-refractivity contribution in [2.24, 2.45) is 0 Å². The fourth-order valence-electron chi connectivity index (χ4n) is 3.33. The van der Waals surface area contributed by atoms with Gasteiger partial charge in [-0.05, 0) is 19.1 Å². The number of nitrogens with zero attached hydrogens (tertiary/aromatic N) is 2. The number of morpholine rings is 1. The molecular weight excluding hydrogens is 308 g/mol. The maximum Gasteiger partial charge on any atom is 0.289 e. The van der Waals surface area contributed by atoms with E-state index in [9.17, 15) is 4.79 Å². The summed E-state index contributed by atoms with van der Waals surface area (Å²) in [6.07, 6.45) is 0. The molecule has 0 aliphatic carbocycles. The lowest BCUT2D eigenvalue weighted by molar-refractivity contribution is 0.0284. The van der Waals surface area contributed by atoms with E-state index in [0.717, 1.165) is 34.3 Å². The quantitative estimate of drug-likeness (QED) is 0.742. The first-order valence-corrected chi connectivity index (χ1v) is 8.19. The molecule has 0 radical (unpaired) electrons. The number of rotatable bonds is 3. The zero-order valence-electron chi connectivity index (χ0n) is 13.9. The topological polar surface area (TPSA) is 56.8 Å². The standard InChI is InChI=1S/C18H20N2O4/c1-3-20-14-10-12(22-2)4-5-13(14)17-15(20)11-16(24-17)18(21)19-6-8-23-9-7-19/h4-5,10-11H,3,6-9H2,1-2H3. The number of aryl methyl sites for hydroxylation is 1. The smallest absolute Gasteiger partial charge is 0.289 e. The van der Waals surface area contributed by atoms with Crippen LogP contribution < -0.4 is 4.74 Å². The fraction of sp³-hybridized carbons (Fsp3) is 0.389. The molecular formula is C18H20N2O4. The van der Waals surface area contributed by atoms with E-state index in [1.165, 1.54) is 0 Å². The van der Waals surface area contributed by atoms with Crippen molar-refractivity contribution in [3.05, 3.63) is 30.0 Å². The van der Waals surface area contributed by atoms with Gasteiger partial charge in [0.25, 0.3) is 5.91 Å². The third-order valence-corrected chi connectivity index (χ3v) is 4.57. The second-order valence-corrected chi connectivity index (χ2v) is 5.86. The normalized spacial score (nSPS) is 15.3. The molecule has 3 heterocycles. The molecule has 4 rings (SSSR count). The van der Waals surface area contributed by atoms with Crippen LogP contribution in [0.25, 0.3) is 22.0 Å². The van der Waals surface area contributed by atoms with E-state index in [1.807, 2.05) is 24.3 Å². The highest BCUT2D eigenvalue weighted by Crippen LogP contribution is 2.34. The molecule has 1 fully saturated rings. The molecule has 6 heteroatoms. The second kappa shape index (κ2) is 5.87. The van der Waals surface area contributed by atoms with E-state index < -0.39 is 0 Å². The van der Waals surface area contributed by atoms with Crippen LogP contribution in [-0.4, -0.2) is 48.8 Å². The molecule has 0 atom stereocenters. The number of carbonyl (C=O) groups is 1. The number of furan rings is 1. The van der Waals surface area contributed by atoms with Crippen LogP contribution in [-0.2, 0) is 11.3 Å². The van der Waals surface area contributed by atoms with Crippen molar-refractivity contribution < 1.29 is 18.7 Å². The van der Waals surface area contributed by atoms with Gasteiger partial charge in [-0.15, -0.1) is 0 Å². The third-order valence-electron chi connectivity index (χ3n) is 4.57. The maximum atomic E-state index is 12.7. The van der Waals surface area contributed by atoms with Gasteiger partial charge in [-0.25, -0.2) is 0 Å². The van der Waals surface area contributed by atoms with Crippen LogP contribution in [0.1, 0.15) is 17.5 Å². The predicted octanol–water partition coefficient (Wildman–Crippen LogP) is 2.89. The first-order valence-electron chi connectivity index (χ1n) is 8.19. The number of hydrogen-bond acceptors (Lipinski definition) is 4. The number of amides is 1. The van der Waals surface area contributed by atoms with Crippen LogP contribution in [0, 0.1) is 0 Å². The monoisotopic (exact) mass is 328 g/mol. The molecule has 24 heavy (non-hydrogen) atoms. The van der Waals surface area contributed by atoms with Gasteiger partial charge in [0.15, 0.2) is 11.3 Å². The molecule has 6 nitrogen and oxygen atoms in total. The van der Waals surface area contributed by atoms with Gasteiger partial charge in [-0.3, -0.25) is 4.79 Å². The SMILES string of the molecule is CCn1c2cc(OC)ccc2c2oc(C(=O)N3CCOCC3)cc21. The summed E-state index contributed by atoms with van der Waals surface area (Å²) < 4.78 is 18.7. The number of hydrogen-bond donors (Lipinski definition) is 0. The molecule has 0 saturated carbocycles. The highest BCUT2D eigenvalue weighted by Gasteiger charge is 2.24. The van der Waals surface area contributed by atoms with E-state index in [0.29, 0.717) is 32.1 Å². The highest BCUT2D eigenvalue weighted by molar-refractivity contribution is 6.08. The summed E-state index contributed by atoms with van der Waals surface area (Å²) in [5.41, 5.74) is 2.75. The van der Waals surface area contributed by atoms with E-state index in [1.54, 1.807) is 12.0 Å². The number of fused-ring (bicyclic) bond motifs is 3. The Kier molecular flexibility index (Phi) is 3.69. The van der Waals surface area contributed by atoms with Crippen LogP contribution in [0.15, 0.2) is 28.7 Å². The molecule has 2 aromatic heterocycles. The largest absolute Gasteiger partial charge is 0.497 e. The average Bonchev–Trinajstić information content (AvgIpc) is 3.18. The zero-order valence-corrected chi connectivity index (χ0v) is 13.9. The molecule has 1 saturated heterocycles. The second-order valence-electron chi connectivity index (χ2n) is 5.86. The number of ether oxygens (including phenoxy) is 2. The van der Waals surface area contributed by atoms with Gasteiger partial charge in [0.05, 0.1) is 31.4 Å². The number of aromatic nitrogens is 1. The Balaban J connectivity index is 1.81. The van der Waals surface area contributed by atoms with Gasteiger partial charge in [-0.2, -0.15) is 0 Å². The molecule has 0 N–H and O–H groups in total. The van der Waals surface area contributed by atoms with E-state index in [2.05, 4.69) is 11.5 Å². The Morgan fingerprint density at radius 3 is 2.71 bits per heavy atom. The molecule has 1 aliphatic heterocycles. The van der Waals surface area contributed by atoms with Gasteiger partial charge in [-0.1, -0.05) is 0 Å². The van der Waals surface area contributed by atoms with E-state index in [-0.39, 0.29) is 5.91 Å². The number of benzene rings is 1. The van der Waals surface area contributed by atoms with Gasteiger partial charge in [0.2, 0.25) is 0 Å².